The molecule has 2 nitrogen and oxygen atoms in total. The van der Waals surface area contributed by atoms with E-state index >= 15 is 0 Å². The van der Waals surface area contributed by atoms with Crippen LogP contribution in [0.4, 0.5) is 5.69 Å². The molecule has 0 aliphatic carbocycles. The predicted molar refractivity (Wildman–Crippen MR) is 76.7 cm³/mol. The quantitative estimate of drug-likeness (QED) is 0.631. The Morgan fingerprint density at radius 3 is 2.50 bits per heavy atom. The lowest BCUT2D eigenvalue weighted by molar-refractivity contribution is 0.312. The van der Waals surface area contributed by atoms with E-state index in [2.05, 4.69) is 19.1 Å². The summed E-state index contributed by atoms with van der Waals surface area (Å²) in [5.41, 5.74) is 8.91. The summed E-state index contributed by atoms with van der Waals surface area (Å²) in [7, 11) is 0. The van der Waals surface area contributed by atoms with Crippen molar-refractivity contribution in [2.75, 3.05) is 12.3 Å². The molecule has 0 spiro atoms. The third-order valence-electron chi connectivity index (χ3n) is 2.87. The van der Waals surface area contributed by atoms with E-state index in [4.69, 9.17) is 10.5 Å². The maximum Gasteiger partial charge on any atom is 0.149 e. The van der Waals surface area contributed by atoms with Crippen LogP contribution in [0.15, 0.2) is 48.5 Å². The van der Waals surface area contributed by atoms with Gasteiger partial charge >= 0.3 is 0 Å². The molecule has 18 heavy (non-hydrogen) atoms. The Morgan fingerprint density at radius 2 is 1.78 bits per heavy atom. The van der Waals surface area contributed by atoms with Crippen molar-refractivity contribution < 1.29 is 4.74 Å². The van der Waals surface area contributed by atoms with Crippen LogP contribution in [0.1, 0.15) is 19.8 Å². The Kier molecular flexibility index (Phi) is 4.24. The lowest BCUT2D eigenvalue weighted by Gasteiger charge is -2.13. The fourth-order valence-corrected chi connectivity index (χ4v) is 1.88. The van der Waals surface area contributed by atoms with Gasteiger partial charge in [0, 0.05) is 5.56 Å². The van der Waals surface area contributed by atoms with Crippen molar-refractivity contribution in [2.45, 2.75) is 19.8 Å². The number of ether oxygens (including phenoxy) is 1. The van der Waals surface area contributed by atoms with Crippen LogP contribution in [-0.4, -0.2) is 6.61 Å². The third-order valence-corrected chi connectivity index (χ3v) is 2.87. The zero-order valence-electron chi connectivity index (χ0n) is 10.7. The van der Waals surface area contributed by atoms with Gasteiger partial charge in [-0.1, -0.05) is 55.8 Å². The van der Waals surface area contributed by atoms with Crippen molar-refractivity contribution in [3.63, 3.8) is 0 Å². The van der Waals surface area contributed by atoms with Gasteiger partial charge in [-0.2, -0.15) is 0 Å². The number of nitrogen functional groups attached to an aromatic ring is 1. The van der Waals surface area contributed by atoms with Gasteiger partial charge in [-0.15, -0.1) is 0 Å². The molecule has 0 aromatic heterocycles. The molecule has 0 aliphatic rings. The third kappa shape index (κ3) is 2.83. The van der Waals surface area contributed by atoms with Crippen LogP contribution in [-0.2, 0) is 0 Å². The highest BCUT2D eigenvalue weighted by atomic mass is 16.5. The number of anilines is 1. The lowest BCUT2D eigenvalue weighted by Crippen LogP contribution is -2.01. The molecule has 0 unspecified atom stereocenters. The molecule has 0 amide bonds. The average molecular weight is 241 g/mol. The number of unbranched alkanes of at least 4 members (excludes halogenated alkanes) is 1. The van der Waals surface area contributed by atoms with Crippen LogP contribution < -0.4 is 10.5 Å². The Labute approximate surface area is 108 Å². The largest absolute Gasteiger partial charge is 0.491 e. The minimum absolute atomic E-state index is 0.701. The van der Waals surface area contributed by atoms with Gasteiger partial charge in [0.25, 0.3) is 0 Å². The first-order valence-electron chi connectivity index (χ1n) is 6.39. The molecule has 2 heteroatoms. The molecule has 0 aliphatic heterocycles. The number of benzene rings is 2. The van der Waals surface area contributed by atoms with Gasteiger partial charge in [-0.05, 0) is 18.1 Å². The molecule has 0 atom stereocenters. The van der Waals surface area contributed by atoms with Gasteiger partial charge < -0.3 is 10.5 Å². The van der Waals surface area contributed by atoms with E-state index in [1.165, 1.54) is 0 Å². The van der Waals surface area contributed by atoms with Crippen molar-refractivity contribution in [1.29, 1.82) is 0 Å². The summed E-state index contributed by atoms with van der Waals surface area (Å²) in [4.78, 5) is 0. The normalized spacial score (nSPS) is 10.3. The van der Waals surface area contributed by atoms with Crippen molar-refractivity contribution in [1.82, 2.24) is 0 Å². The minimum Gasteiger partial charge on any atom is -0.491 e. The van der Waals surface area contributed by atoms with E-state index in [9.17, 15) is 0 Å². The SMILES string of the molecule is CCCCOc1c(N)cccc1-c1ccccc1. The molecule has 0 bridgehead atoms. The second kappa shape index (κ2) is 6.10. The Hall–Kier alpha value is -1.96. The van der Waals surface area contributed by atoms with E-state index in [0.29, 0.717) is 12.3 Å². The van der Waals surface area contributed by atoms with Gasteiger partial charge in [0.1, 0.15) is 5.75 Å². The number of hydrogen-bond donors (Lipinski definition) is 1. The highest BCUT2D eigenvalue weighted by molar-refractivity contribution is 5.77. The summed E-state index contributed by atoms with van der Waals surface area (Å²) in [6.07, 6.45) is 2.16. The summed E-state index contributed by atoms with van der Waals surface area (Å²) < 4.78 is 5.84. The van der Waals surface area contributed by atoms with Crippen LogP contribution in [0.3, 0.4) is 0 Å². The molecule has 0 saturated heterocycles. The molecule has 2 aromatic carbocycles. The summed E-state index contributed by atoms with van der Waals surface area (Å²) in [5, 5.41) is 0. The van der Waals surface area contributed by atoms with Gasteiger partial charge in [0.2, 0.25) is 0 Å². The standard InChI is InChI=1S/C16H19NO/c1-2-3-12-18-16-14(10-7-11-15(16)17)13-8-5-4-6-9-13/h4-11H,2-3,12,17H2,1H3. The highest BCUT2D eigenvalue weighted by Gasteiger charge is 2.09. The van der Waals surface area contributed by atoms with Crippen LogP contribution in [0.5, 0.6) is 5.75 Å². The summed E-state index contributed by atoms with van der Waals surface area (Å²) in [5.74, 6) is 0.803. The maximum atomic E-state index is 6.02. The number of para-hydroxylation sites is 1. The fourth-order valence-electron chi connectivity index (χ4n) is 1.88. The molecule has 2 N–H and O–H groups in total. The summed E-state index contributed by atoms with van der Waals surface area (Å²) in [6.45, 7) is 2.86. The molecule has 94 valence electrons. The van der Waals surface area contributed by atoms with Gasteiger partial charge in [0.15, 0.2) is 0 Å². The Bertz CT molecular complexity index is 494. The topological polar surface area (TPSA) is 35.2 Å². The van der Waals surface area contributed by atoms with Crippen molar-refractivity contribution in [3.8, 4) is 16.9 Å². The van der Waals surface area contributed by atoms with Crippen LogP contribution in [0, 0.1) is 0 Å². The average Bonchev–Trinajstić information content (AvgIpc) is 2.42. The predicted octanol–water partition coefficient (Wildman–Crippen LogP) is 4.11. The fraction of sp³-hybridized carbons (Fsp3) is 0.250. The van der Waals surface area contributed by atoms with E-state index in [-0.39, 0.29) is 0 Å². The molecular formula is C16H19NO. The maximum absolute atomic E-state index is 6.02. The van der Waals surface area contributed by atoms with Gasteiger partial charge in [0.05, 0.1) is 12.3 Å². The zero-order chi connectivity index (χ0) is 12.8. The molecular weight excluding hydrogens is 222 g/mol. The summed E-state index contributed by atoms with van der Waals surface area (Å²) in [6, 6.07) is 16.1. The van der Waals surface area contributed by atoms with Crippen LogP contribution >= 0.6 is 0 Å². The molecule has 0 saturated carbocycles. The summed E-state index contributed by atoms with van der Waals surface area (Å²) >= 11 is 0. The van der Waals surface area contributed by atoms with E-state index in [1.807, 2.05) is 36.4 Å². The van der Waals surface area contributed by atoms with Gasteiger partial charge in [-0.25, -0.2) is 0 Å². The number of nitrogens with two attached hydrogens (primary N) is 1. The molecule has 2 rings (SSSR count). The van der Waals surface area contributed by atoms with Crippen molar-refractivity contribution >= 4 is 5.69 Å². The Balaban J connectivity index is 2.32. The van der Waals surface area contributed by atoms with Gasteiger partial charge in [-0.3, -0.25) is 0 Å². The second-order valence-corrected chi connectivity index (χ2v) is 4.29. The zero-order valence-corrected chi connectivity index (χ0v) is 10.7. The first-order chi connectivity index (χ1) is 8.83. The van der Waals surface area contributed by atoms with E-state index in [0.717, 1.165) is 29.7 Å². The molecule has 0 radical (unpaired) electrons. The lowest BCUT2D eigenvalue weighted by atomic mass is 10.0. The second-order valence-electron chi connectivity index (χ2n) is 4.29. The smallest absolute Gasteiger partial charge is 0.149 e. The number of rotatable bonds is 5. The highest BCUT2D eigenvalue weighted by Crippen LogP contribution is 2.34. The van der Waals surface area contributed by atoms with Crippen LogP contribution in [0.25, 0.3) is 11.1 Å². The van der Waals surface area contributed by atoms with Crippen molar-refractivity contribution in [3.05, 3.63) is 48.5 Å². The molecule has 2 aromatic rings. The monoisotopic (exact) mass is 241 g/mol. The molecule has 0 heterocycles. The number of hydrogen-bond acceptors (Lipinski definition) is 2. The first-order valence-corrected chi connectivity index (χ1v) is 6.39. The van der Waals surface area contributed by atoms with Crippen molar-refractivity contribution in [2.24, 2.45) is 0 Å². The van der Waals surface area contributed by atoms with E-state index < -0.39 is 0 Å². The first kappa shape index (κ1) is 12.5. The Morgan fingerprint density at radius 1 is 1.00 bits per heavy atom. The van der Waals surface area contributed by atoms with Crippen LogP contribution in [0.2, 0.25) is 0 Å². The van der Waals surface area contributed by atoms with E-state index in [1.54, 1.807) is 0 Å². The molecule has 0 fully saturated rings. The minimum atomic E-state index is 0.701.